The summed E-state index contributed by atoms with van der Waals surface area (Å²) in [4.78, 5) is 16.7. The number of carbonyl (C=O) groups is 1. The molecule has 0 aliphatic carbocycles. The highest BCUT2D eigenvalue weighted by atomic mass is 32.1. The lowest BCUT2D eigenvalue weighted by Crippen LogP contribution is -2.13. The van der Waals surface area contributed by atoms with Crippen LogP contribution in [0.4, 0.5) is 13.2 Å². The van der Waals surface area contributed by atoms with Crippen molar-refractivity contribution in [2.75, 3.05) is 6.61 Å². The minimum Gasteiger partial charge on any atom is -0.462 e. The van der Waals surface area contributed by atoms with E-state index >= 15 is 0 Å². The van der Waals surface area contributed by atoms with Gasteiger partial charge in [0.05, 0.1) is 11.5 Å². The standard InChI is InChI=1S/C14H10F3N3O2S/c1-2-22-13(21)10-11(8-4-3-7-23-8)19-20-9(14(15,16)17)5-6-18-12(10)20/h3-7H,2H2,1H3. The van der Waals surface area contributed by atoms with Crippen LogP contribution in [0.25, 0.3) is 16.2 Å². The SMILES string of the molecule is CCOC(=O)c1c(-c2cccs2)nn2c(C(F)(F)F)ccnc12. The first-order valence-corrected chi connectivity index (χ1v) is 7.47. The van der Waals surface area contributed by atoms with Crippen molar-refractivity contribution in [3.8, 4) is 10.6 Å². The number of thiophene rings is 1. The molecule has 0 fully saturated rings. The Morgan fingerprint density at radius 3 is 2.78 bits per heavy atom. The van der Waals surface area contributed by atoms with E-state index in [4.69, 9.17) is 4.74 Å². The van der Waals surface area contributed by atoms with Gasteiger partial charge in [-0.05, 0) is 24.4 Å². The fourth-order valence-corrected chi connectivity index (χ4v) is 2.85. The number of ether oxygens (including phenoxy) is 1. The van der Waals surface area contributed by atoms with Gasteiger partial charge < -0.3 is 4.74 Å². The zero-order valence-electron chi connectivity index (χ0n) is 11.8. The van der Waals surface area contributed by atoms with Gasteiger partial charge in [0.2, 0.25) is 0 Å². The molecule has 3 heterocycles. The Bertz CT molecular complexity index is 856. The molecule has 9 heteroatoms. The minimum absolute atomic E-state index is 0.0691. The number of halogens is 3. The first-order chi connectivity index (χ1) is 10.9. The third kappa shape index (κ3) is 2.67. The van der Waals surface area contributed by atoms with Gasteiger partial charge in [0, 0.05) is 6.20 Å². The number of hydrogen-bond donors (Lipinski definition) is 0. The van der Waals surface area contributed by atoms with E-state index in [9.17, 15) is 18.0 Å². The third-order valence-corrected chi connectivity index (χ3v) is 3.92. The Balaban J connectivity index is 2.33. The number of carbonyl (C=O) groups excluding carboxylic acids is 1. The van der Waals surface area contributed by atoms with Gasteiger partial charge in [-0.15, -0.1) is 11.3 Å². The number of rotatable bonds is 3. The summed E-state index contributed by atoms with van der Waals surface area (Å²) < 4.78 is 45.0. The van der Waals surface area contributed by atoms with Gasteiger partial charge >= 0.3 is 12.1 Å². The van der Waals surface area contributed by atoms with E-state index in [1.807, 2.05) is 0 Å². The van der Waals surface area contributed by atoms with Gasteiger partial charge in [-0.3, -0.25) is 0 Å². The highest BCUT2D eigenvalue weighted by Crippen LogP contribution is 2.34. The molecule has 0 aliphatic rings. The normalized spacial score (nSPS) is 11.8. The molecule has 0 amide bonds. The maximum absolute atomic E-state index is 13.1. The molecule has 3 rings (SSSR count). The second-order valence-corrected chi connectivity index (χ2v) is 5.43. The molecule has 0 bridgehead atoms. The van der Waals surface area contributed by atoms with Crippen molar-refractivity contribution in [2.45, 2.75) is 13.1 Å². The van der Waals surface area contributed by atoms with Gasteiger partial charge in [0.25, 0.3) is 0 Å². The molecule has 0 spiro atoms. The second kappa shape index (κ2) is 5.65. The average molecular weight is 341 g/mol. The molecular formula is C14H10F3N3O2S. The summed E-state index contributed by atoms with van der Waals surface area (Å²) in [6.07, 6.45) is -3.62. The summed E-state index contributed by atoms with van der Waals surface area (Å²) >= 11 is 1.26. The van der Waals surface area contributed by atoms with Gasteiger partial charge in [-0.25, -0.2) is 14.3 Å². The van der Waals surface area contributed by atoms with Crippen molar-refractivity contribution in [3.63, 3.8) is 0 Å². The summed E-state index contributed by atoms with van der Waals surface area (Å²) in [6.45, 7) is 1.71. The topological polar surface area (TPSA) is 56.5 Å². The van der Waals surface area contributed by atoms with Crippen LogP contribution in [0.5, 0.6) is 0 Å². The molecule has 5 nitrogen and oxygen atoms in total. The molecule has 0 saturated heterocycles. The summed E-state index contributed by atoms with van der Waals surface area (Å²) in [6, 6.07) is 4.20. The quantitative estimate of drug-likeness (QED) is 0.682. The summed E-state index contributed by atoms with van der Waals surface area (Å²) in [5.41, 5.74) is -1.12. The highest BCUT2D eigenvalue weighted by Gasteiger charge is 2.36. The molecule has 23 heavy (non-hydrogen) atoms. The summed E-state index contributed by atoms with van der Waals surface area (Å²) in [5, 5.41) is 5.71. The van der Waals surface area contributed by atoms with Crippen LogP contribution in [0.1, 0.15) is 23.0 Å². The van der Waals surface area contributed by atoms with Gasteiger partial charge in [-0.2, -0.15) is 18.3 Å². The van der Waals surface area contributed by atoms with Crippen LogP contribution >= 0.6 is 11.3 Å². The van der Waals surface area contributed by atoms with Crippen LogP contribution in [-0.2, 0) is 10.9 Å². The van der Waals surface area contributed by atoms with E-state index < -0.39 is 17.8 Å². The average Bonchev–Trinajstić information content (AvgIpc) is 3.12. The van der Waals surface area contributed by atoms with E-state index in [1.54, 1.807) is 24.4 Å². The Morgan fingerprint density at radius 2 is 2.17 bits per heavy atom. The molecule has 3 aromatic heterocycles. The summed E-state index contributed by atoms with van der Waals surface area (Å²) in [7, 11) is 0. The van der Waals surface area contributed by atoms with Crippen molar-refractivity contribution >= 4 is 23.0 Å². The monoisotopic (exact) mass is 341 g/mol. The minimum atomic E-state index is -4.62. The maximum atomic E-state index is 13.1. The molecule has 0 saturated carbocycles. The predicted octanol–water partition coefficient (Wildman–Crippen LogP) is 3.65. The number of hydrogen-bond acceptors (Lipinski definition) is 5. The predicted molar refractivity (Wildman–Crippen MR) is 77.3 cm³/mol. The van der Waals surface area contributed by atoms with Gasteiger partial charge in [0.1, 0.15) is 17.0 Å². The molecule has 120 valence electrons. The molecule has 0 aromatic carbocycles. The molecule has 3 aromatic rings. The lowest BCUT2D eigenvalue weighted by atomic mass is 10.2. The zero-order chi connectivity index (χ0) is 16.6. The Morgan fingerprint density at radius 1 is 1.39 bits per heavy atom. The lowest BCUT2D eigenvalue weighted by Gasteiger charge is -2.07. The van der Waals surface area contributed by atoms with Crippen molar-refractivity contribution in [1.29, 1.82) is 0 Å². The Kier molecular flexibility index (Phi) is 3.80. The number of nitrogens with zero attached hydrogens (tertiary/aromatic N) is 3. The van der Waals surface area contributed by atoms with Crippen molar-refractivity contribution < 1.29 is 22.7 Å². The molecular weight excluding hydrogens is 331 g/mol. The van der Waals surface area contributed by atoms with Crippen molar-refractivity contribution in [1.82, 2.24) is 14.6 Å². The number of aromatic nitrogens is 3. The van der Waals surface area contributed by atoms with E-state index in [0.717, 1.165) is 12.3 Å². The first kappa shape index (κ1) is 15.5. The van der Waals surface area contributed by atoms with E-state index in [-0.39, 0.29) is 23.5 Å². The fourth-order valence-electron chi connectivity index (χ4n) is 2.14. The van der Waals surface area contributed by atoms with Crippen LogP contribution < -0.4 is 0 Å². The lowest BCUT2D eigenvalue weighted by molar-refractivity contribution is -0.142. The number of esters is 1. The van der Waals surface area contributed by atoms with E-state index in [1.165, 1.54) is 11.3 Å². The molecule has 0 N–H and O–H groups in total. The smallest absolute Gasteiger partial charge is 0.433 e. The van der Waals surface area contributed by atoms with Crippen molar-refractivity contribution in [3.05, 3.63) is 41.0 Å². The molecule has 0 aliphatic heterocycles. The van der Waals surface area contributed by atoms with E-state index in [0.29, 0.717) is 9.39 Å². The highest BCUT2D eigenvalue weighted by molar-refractivity contribution is 7.13. The van der Waals surface area contributed by atoms with Crippen LogP contribution in [0.2, 0.25) is 0 Å². The summed E-state index contributed by atoms with van der Waals surface area (Å²) in [5.74, 6) is -0.752. The van der Waals surface area contributed by atoms with Crippen LogP contribution in [0, 0.1) is 0 Å². The van der Waals surface area contributed by atoms with Crippen molar-refractivity contribution in [2.24, 2.45) is 0 Å². The Labute approximate surface area is 132 Å². The largest absolute Gasteiger partial charge is 0.462 e. The van der Waals surface area contributed by atoms with Gasteiger partial charge in [-0.1, -0.05) is 6.07 Å². The number of fused-ring (bicyclic) bond motifs is 1. The van der Waals surface area contributed by atoms with Crippen LogP contribution in [0.15, 0.2) is 29.8 Å². The second-order valence-electron chi connectivity index (χ2n) is 4.48. The van der Waals surface area contributed by atoms with E-state index in [2.05, 4.69) is 10.1 Å². The maximum Gasteiger partial charge on any atom is 0.433 e. The number of alkyl halides is 3. The third-order valence-electron chi connectivity index (χ3n) is 3.04. The first-order valence-electron chi connectivity index (χ1n) is 6.59. The fraction of sp³-hybridized carbons (Fsp3) is 0.214. The molecule has 0 radical (unpaired) electrons. The zero-order valence-corrected chi connectivity index (χ0v) is 12.6. The van der Waals surface area contributed by atoms with Crippen LogP contribution in [-0.4, -0.2) is 27.2 Å². The van der Waals surface area contributed by atoms with Gasteiger partial charge in [0.15, 0.2) is 5.65 Å². The molecule has 0 unspecified atom stereocenters. The van der Waals surface area contributed by atoms with Crippen LogP contribution in [0.3, 0.4) is 0 Å². The molecule has 0 atom stereocenters. The Hall–Kier alpha value is -2.42.